The Balaban J connectivity index is 1.94. The molecule has 10 heteroatoms. The lowest BCUT2D eigenvalue weighted by Gasteiger charge is -2.33. The lowest BCUT2D eigenvalue weighted by molar-refractivity contribution is -0.139. The molecule has 1 aliphatic rings. The Morgan fingerprint density at radius 3 is 2.22 bits per heavy atom. The van der Waals surface area contributed by atoms with Crippen LogP contribution in [0, 0.1) is 13.8 Å². The Kier molecular flexibility index (Phi) is 9.30. The predicted molar refractivity (Wildman–Crippen MR) is 145 cm³/mol. The molecular weight excluding hydrogens is 521 g/mol. The minimum absolute atomic E-state index is 0.0688. The van der Waals surface area contributed by atoms with Gasteiger partial charge < -0.3 is 10.2 Å². The molecule has 0 unspecified atom stereocenters. The van der Waals surface area contributed by atoms with Gasteiger partial charge in [0.1, 0.15) is 12.6 Å². The second kappa shape index (κ2) is 11.8. The van der Waals surface area contributed by atoms with Crippen LogP contribution in [0.15, 0.2) is 36.4 Å². The summed E-state index contributed by atoms with van der Waals surface area (Å²) < 4.78 is 26.7. The van der Waals surface area contributed by atoms with Crippen LogP contribution in [0.1, 0.15) is 49.3 Å². The van der Waals surface area contributed by atoms with E-state index in [4.69, 9.17) is 23.2 Å². The van der Waals surface area contributed by atoms with Gasteiger partial charge in [0.15, 0.2) is 0 Å². The van der Waals surface area contributed by atoms with Crippen LogP contribution in [0.25, 0.3) is 0 Å². The Morgan fingerprint density at radius 1 is 1.06 bits per heavy atom. The summed E-state index contributed by atoms with van der Waals surface area (Å²) in [5, 5.41) is 3.75. The van der Waals surface area contributed by atoms with Crippen molar-refractivity contribution in [2.24, 2.45) is 0 Å². The van der Waals surface area contributed by atoms with E-state index in [0.717, 1.165) is 47.4 Å². The largest absolute Gasteiger partial charge is 0.352 e. The normalized spacial score (nSPS) is 14.9. The summed E-state index contributed by atoms with van der Waals surface area (Å²) in [6.45, 7) is 4.89. The molecule has 3 rings (SSSR count). The first kappa shape index (κ1) is 28.3. The highest BCUT2D eigenvalue weighted by atomic mass is 35.5. The number of carbonyl (C=O) groups is 2. The van der Waals surface area contributed by atoms with Crippen LogP contribution in [0.4, 0.5) is 5.69 Å². The molecule has 1 N–H and O–H groups in total. The maximum Gasteiger partial charge on any atom is 0.244 e. The second-order valence-electron chi connectivity index (χ2n) is 9.45. The average molecular weight is 555 g/mol. The fraction of sp³-hybridized carbons (Fsp3) is 0.462. The molecule has 1 fully saturated rings. The van der Waals surface area contributed by atoms with Crippen molar-refractivity contribution < 1.29 is 18.0 Å². The van der Waals surface area contributed by atoms with E-state index in [1.54, 1.807) is 51.1 Å². The summed E-state index contributed by atoms with van der Waals surface area (Å²) in [5.41, 5.74) is 2.61. The van der Waals surface area contributed by atoms with Crippen LogP contribution in [-0.4, -0.2) is 50.0 Å². The lowest BCUT2D eigenvalue weighted by atomic mass is 10.1. The minimum atomic E-state index is -3.79. The van der Waals surface area contributed by atoms with Crippen molar-refractivity contribution in [3.8, 4) is 0 Å². The van der Waals surface area contributed by atoms with Gasteiger partial charge in [-0.3, -0.25) is 13.9 Å². The fourth-order valence-electron chi connectivity index (χ4n) is 4.58. The molecule has 196 valence electrons. The van der Waals surface area contributed by atoms with Crippen molar-refractivity contribution in [3.05, 3.63) is 63.1 Å². The van der Waals surface area contributed by atoms with E-state index in [9.17, 15) is 18.0 Å². The zero-order valence-corrected chi connectivity index (χ0v) is 23.4. The maximum atomic E-state index is 13.7. The van der Waals surface area contributed by atoms with Crippen molar-refractivity contribution in [2.45, 2.75) is 65.1 Å². The number of hydrogen-bond acceptors (Lipinski definition) is 4. The van der Waals surface area contributed by atoms with Gasteiger partial charge in [0.25, 0.3) is 0 Å². The number of halogens is 2. The zero-order valence-electron chi connectivity index (χ0n) is 21.1. The number of benzene rings is 2. The molecule has 2 aromatic carbocycles. The molecule has 1 aliphatic carbocycles. The molecule has 0 heterocycles. The van der Waals surface area contributed by atoms with Gasteiger partial charge in [-0.2, -0.15) is 0 Å². The topological polar surface area (TPSA) is 86.8 Å². The van der Waals surface area contributed by atoms with Crippen molar-refractivity contribution in [3.63, 3.8) is 0 Å². The number of carbonyl (C=O) groups excluding carboxylic acids is 2. The number of nitrogens with zero attached hydrogens (tertiary/aromatic N) is 2. The molecule has 0 aliphatic heterocycles. The molecule has 2 aromatic rings. The first-order valence-corrected chi connectivity index (χ1v) is 14.6. The third-order valence-corrected chi connectivity index (χ3v) is 8.43. The number of nitrogens with one attached hydrogen (secondary N) is 1. The van der Waals surface area contributed by atoms with Crippen molar-refractivity contribution in [2.75, 3.05) is 17.1 Å². The van der Waals surface area contributed by atoms with E-state index in [-0.39, 0.29) is 18.5 Å². The Labute approximate surface area is 223 Å². The second-order valence-corrected chi connectivity index (χ2v) is 12.2. The molecular formula is C26H33Cl2N3O4S. The quantitative estimate of drug-likeness (QED) is 0.480. The molecule has 36 heavy (non-hydrogen) atoms. The van der Waals surface area contributed by atoms with E-state index in [1.807, 2.05) is 6.07 Å². The molecule has 0 aromatic heterocycles. The van der Waals surface area contributed by atoms with E-state index < -0.39 is 28.5 Å². The Hall–Kier alpha value is -2.29. The summed E-state index contributed by atoms with van der Waals surface area (Å²) in [5.74, 6) is -0.767. The number of rotatable bonds is 9. The lowest BCUT2D eigenvalue weighted by Crippen LogP contribution is -2.52. The molecule has 0 spiro atoms. The van der Waals surface area contributed by atoms with Gasteiger partial charge in [0.05, 0.1) is 22.0 Å². The highest BCUT2D eigenvalue weighted by Gasteiger charge is 2.32. The predicted octanol–water partition coefficient (Wildman–Crippen LogP) is 4.85. The number of sulfonamides is 1. The first-order chi connectivity index (χ1) is 16.9. The number of para-hydroxylation sites is 1. The van der Waals surface area contributed by atoms with Gasteiger partial charge in [-0.1, -0.05) is 60.3 Å². The summed E-state index contributed by atoms with van der Waals surface area (Å²) >= 11 is 12.2. The summed E-state index contributed by atoms with van der Waals surface area (Å²) in [7, 11) is -3.79. The average Bonchev–Trinajstić information content (AvgIpc) is 3.30. The van der Waals surface area contributed by atoms with E-state index in [0.29, 0.717) is 21.3 Å². The smallest absolute Gasteiger partial charge is 0.244 e. The molecule has 1 saturated carbocycles. The summed E-state index contributed by atoms with van der Waals surface area (Å²) in [4.78, 5) is 28.2. The molecule has 1 atom stereocenters. The van der Waals surface area contributed by atoms with E-state index in [1.165, 1.54) is 4.90 Å². The molecule has 2 amide bonds. The van der Waals surface area contributed by atoms with Gasteiger partial charge in [0.2, 0.25) is 21.8 Å². The number of amides is 2. The van der Waals surface area contributed by atoms with Crippen LogP contribution in [0.5, 0.6) is 0 Å². The fourth-order valence-corrected chi connectivity index (χ4v) is 5.87. The molecule has 7 nitrogen and oxygen atoms in total. The third-order valence-electron chi connectivity index (χ3n) is 6.57. The van der Waals surface area contributed by atoms with Gasteiger partial charge in [-0.15, -0.1) is 0 Å². The van der Waals surface area contributed by atoms with Crippen molar-refractivity contribution in [1.29, 1.82) is 0 Å². The van der Waals surface area contributed by atoms with Crippen molar-refractivity contribution in [1.82, 2.24) is 10.2 Å². The number of anilines is 1. The van der Waals surface area contributed by atoms with Crippen LogP contribution >= 0.6 is 23.2 Å². The standard InChI is InChI=1S/C26H33Cl2N3O4S/c1-17-8-7-9-18(2)25(17)31(36(4,34)35)16-24(32)30(15-20-12-13-22(27)23(28)14-20)19(3)26(33)29-21-10-5-6-11-21/h7-9,12-14,19,21H,5-6,10-11,15-16H2,1-4H3,(H,29,33)/t19-/m0/s1. The maximum absolute atomic E-state index is 13.7. The Morgan fingerprint density at radius 2 is 1.67 bits per heavy atom. The van der Waals surface area contributed by atoms with Crippen molar-refractivity contribution >= 4 is 50.7 Å². The molecule has 0 radical (unpaired) electrons. The van der Waals surface area contributed by atoms with Gasteiger partial charge >= 0.3 is 0 Å². The number of aryl methyl sites for hydroxylation is 2. The van der Waals surface area contributed by atoms with E-state index >= 15 is 0 Å². The molecule has 0 saturated heterocycles. The van der Waals surface area contributed by atoms with E-state index in [2.05, 4.69) is 5.32 Å². The van der Waals surface area contributed by atoms with Gasteiger partial charge in [0, 0.05) is 12.6 Å². The summed E-state index contributed by atoms with van der Waals surface area (Å²) in [6, 6.07) is 9.71. The van der Waals surface area contributed by atoms with Crippen LogP contribution in [0.3, 0.4) is 0 Å². The van der Waals surface area contributed by atoms with Gasteiger partial charge in [-0.25, -0.2) is 8.42 Å². The Bertz CT molecular complexity index is 1210. The minimum Gasteiger partial charge on any atom is -0.352 e. The van der Waals surface area contributed by atoms with Gasteiger partial charge in [-0.05, 0) is 62.4 Å². The number of hydrogen-bond donors (Lipinski definition) is 1. The highest BCUT2D eigenvalue weighted by molar-refractivity contribution is 7.92. The third kappa shape index (κ3) is 6.93. The SMILES string of the molecule is Cc1cccc(C)c1N(CC(=O)N(Cc1ccc(Cl)c(Cl)c1)[C@@H](C)C(=O)NC1CCCC1)S(C)(=O)=O. The first-order valence-electron chi connectivity index (χ1n) is 12.0. The summed E-state index contributed by atoms with van der Waals surface area (Å²) in [6.07, 6.45) is 5.02. The zero-order chi connectivity index (χ0) is 26.6. The molecule has 0 bridgehead atoms. The highest BCUT2D eigenvalue weighted by Crippen LogP contribution is 2.28. The van der Waals surface area contributed by atoms with Crippen LogP contribution < -0.4 is 9.62 Å². The van der Waals surface area contributed by atoms with Crippen LogP contribution in [-0.2, 0) is 26.2 Å². The monoisotopic (exact) mass is 553 g/mol. The van der Waals surface area contributed by atoms with Crippen LogP contribution in [0.2, 0.25) is 10.0 Å².